The molecule has 1 aliphatic rings. The Labute approximate surface area is 89.5 Å². The van der Waals surface area contributed by atoms with Gasteiger partial charge in [0.25, 0.3) is 0 Å². The third kappa shape index (κ3) is 1.87. The minimum atomic E-state index is -0.351. The molecule has 3 nitrogen and oxygen atoms in total. The number of hydrogen-bond donors (Lipinski definition) is 0. The molecular weight excluding hydrogens is 190 g/mol. The van der Waals surface area contributed by atoms with Crippen molar-refractivity contribution >= 4 is 5.97 Å². The lowest BCUT2D eigenvalue weighted by molar-refractivity contribution is 0.0593. The minimum Gasteiger partial charge on any atom is -0.464 e. The summed E-state index contributed by atoms with van der Waals surface area (Å²) in [6.07, 6.45) is 3.45. The Hall–Kier alpha value is -1.38. The second-order valence-corrected chi connectivity index (χ2v) is 4.03. The fourth-order valence-electron chi connectivity index (χ4n) is 2.10. The van der Waals surface area contributed by atoms with Gasteiger partial charge in [-0.15, -0.1) is 0 Å². The van der Waals surface area contributed by atoms with E-state index in [1.165, 1.54) is 19.1 Å². The van der Waals surface area contributed by atoms with Crippen LogP contribution >= 0.6 is 0 Å². The number of methoxy groups -OCH3 is 1. The Balaban J connectivity index is 2.39. The van der Waals surface area contributed by atoms with E-state index in [1.807, 2.05) is 6.07 Å². The lowest BCUT2D eigenvalue weighted by Crippen LogP contribution is -2.13. The SMILES string of the molecule is COC(=O)c1ccc2c(n1)[C@H](C)CCC2. The molecule has 0 fully saturated rings. The molecule has 3 heteroatoms. The predicted molar refractivity (Wildman–Crippen MR) is 56.9 cm³/mol. The zero-order valence-electron chi connectivity index (χ0n) is 9.12. The highest BCUT2D eigenvalue weighted by molar-refractivity contribution is 5.87. The first-order chi connectivity index (χ1) is 7.22. The molecule has 0 aromatic carbocycles. The van der Waals surface area contributed by atoms with Crippen molar-refractivity contribution in [3.8, 4) is 0 Å². The second kappa shape index (κ2) is 4.01. The first-order valence-corrected chi connectivity index (χ1v) is 5.30. The lowest BCUT2D eigenvalue weighted by atomic mass is 9.88. The van der Waals surface area contributed by atoms with Gasteiger partial charge >= 0.3 is 5.97 Å². The van der Waals surface area contributed by atoms with E-state index in [1.54, 1.807) is 6.07 Å². The van der Waals surface area contributed by atoms with Crippen LogP contribution in [0.2, 0.25) is 0 Å². The third-order valence-corrected chi connectivity index (χ3v) is 2.96. The maximum atomic E-state index is 11.3. The monoisotopic (exact) mass is 205 g/mol. The van der Waals surface area contributed by atoms with Crippen LogP contribution in [0, 0.1) is 0 Å². The first kappa shape index (κ1) is 10.1. The van der Waals surface area contributed by atoms with E-state index in [0.29, 0.717) is 11.6 Å². The zero-order valence-corrected chi connectivity index (χ0v) is 9.12. The van der Waals surface area contributed by atoms with Crippen LogP contribution < -0.4 is 0 Å². The molecule has 1 aromatic heterocycles. The number of nitrogens with zero attached hydrogens (tertiary/aromatic N) is 1. The van der Waals surface area contributed by atoms with Crippen molar-refractivity contribution < 1.29 is 9.53 Å². The Bertz CT molecular complexity index is 387. The van der Waals surface area contributed by atoms with E-state index in [9.17, 15) is 4.79 Å². The first-order valence-electron chi connectivity index (χ1n) is 5.30. The van der Waals surface area contributed by atoms with Gasteiger partial charge in [-0.05, 0) is 36.8 Å². The van der Waals surface area contributed by atoms with Gasteiger partial charge in [0.1, 0.15) is 5.69 Å². The molecule has 15 heavy (non-hydrogen) atoms. The summed E-state index contributed by atoms with van der Waals surface area (Å²) in [6.45, 7) is 2.16. The number of ether oxygens (including phenoxy) is 1. The topological polar surface area (TPSA) is 39.2 Å². The molecule has 1 aliphatic carbocycles. The number of pyridine rings is 1. The average Bonchev–Trinajstić information content (AvgIpc) is 2.28. The highest BCUT2D eigenvalue weighted by atomic mass is 16.5. The number of rotatable bonds is 1. The van der Waals surface area contributed by atoms with Crippen molar-refractivity contribution in [2.75, 3.05) is 7.11 Å². The van der Waals surface area contributed by atoms with Crippen LogP contribution in [0.25, 0.3) is 0 Å². The third-order valence-electron chi connectivity index (χ3n) is 2.96. The van der Waals surface area contributed by atoms with Crippen LogP contribution in [0.5, 0.6) is 0 Å². The van der Waals surface area contributed by atoms with E-state index in [0.717, 1.165) is 18.5 Å². The average molecular weight is 205 g/mol. The molecule has 0 saturated carbocycles. The molecule has 0 N–H and O–H groups in total. The number of hydrogen-bond acceptors (Lipinski definition) is 3. The number of aryl methyl sites for hydroxylation is 1. The van der Waals surface area contributed by atoms with Gasteiger partial charge in [0.15, 0.2) is 0 Å². The molecule has 2 rings (SSSR count). The van der Waals surface area contributed by atoms with E-state index in [-0.39, 0.29) is 5.97 Å². The van der Waals surface area contributed by atoms with Crippen molar-refractivity contribution in [2.24, 2.45) is 0 Å². The van der Waals surface area contributed by atoms with Crippen LogP contribution in [0.3, 0.4) is 0 Å². The normalized spacial score (nSPS) is 19.5. The minimum absolute atomic E-state index is 0.351. The molecule has 0 spiro atoms. The Kier molecular flexibility index (Phi) is 2.71. The summed E-state index contributed by atoms with van der Waals surface area (Å²) in [4.78, 5) is 15.7. The smallest absolute Gasteiger partial charge is 0.356 e. The summed E-state index contributed by atoms with van der Waals surface area (Å²) >= 11 is 0. The fourth-order valence-corrected chi connectivity index (χ4v) is 2.10. The zero-order chi connectivity index (χ0) is 10.8. The second-order valence-electron chi connectivity index (χ2n) is 4.03. The standard InChI is InChI=1S/C12H15NO2/c1-8-4-3-5-9-6-7-10(12(14)15-2)13-11(8)9/h6-8H,3-5H2,1-2H3/t8-/m1/s1. The van der Waals surface area contributed by atoms with Gasteiger partial charge in [0, 0.05) is 5.69 Å². The molecule has 0 bridgehead atoms. The van der Waals surface area contributed by atoms with Crippen molar-refractivity contribution in [2.45, 2.75) is 32.1 Å². The van der Waals surface area contributed by atoms with Crippen molar-refractivity contribution in [1.29, 1.82) is 0 Å². The summed E-state index contributed by atoms with van der Waals surface area (Å²) < 4.78 is 4.66. The van der Waals surface area contributed by atoms with Crippen molar-refractivity contribution in [1.82, 2.24) is 4.98 Å². The van der Waals surface area contributed by atoms with Gasteiger partial charge in [0.05, 0.1) is 7.11 Å². The number of fused-ring (bicyclic) bond motifs is 1. The number of carbonyl (C=O) groups is 1. The van der Waals surface area contributed by atoms with Gasteiger partial charge in [0.2, 0.25) is 0 Å². The highest BCUT2D eigenvalue weighted by Crippen LogP contribution is 2.29. The fraction of sp³-hybridized carbons (Fsp3) is 0.500. The van der Waals surface area contributed by atoms with Crippen LogP contribution in [0.15, 0.2) is 12.1 Å². The van der Waals surface area contributed by atoms with E-state index in [2.05, 4.69) is 16.6 Å². The molecule has 0 aliphatic heterocycles. The lowest BCUT2D eigenvalue weighted by Gasteiger charge is -2.21. The summed E-state index contributed by atoms with van der Waals surface area (Å²) in [7, 11) is 1.38. The Morgan fingerprint density at radius 2 is 2.33 bits per heavy atom. The van der Waals surface area contributed by atoms with Crippen LogP contribution in [0.1, 0.15) is 47.4 Å². The van der Waals surface area contributed by atoms with Gasteiger partial charge in [-0.1, -0.05) is 13.0 Å². The predicted octanol–water partition coefficient (Wildman–Crippen LogP) is 2.31. The van der Waals surface area contributed by atoms with Gasteiger partial charge < -0.3 is 4.74 Å². The van der Waals surface area contributed by atoms with E-state index >= 15 is 0 Å². The van der Waals surface area contributed by atoms with Gasteiger partial charge in [-0.3, -0.25) is 0 Å². The van der Waals surface area contributed by atoms with Crippen LogP contribution in [-0.4, -0.2) is 18.1 Å². The molecule has 1 aromatic rings. The molecule has 0 unspecified atom stereocenters. The van der Waals surface area contributed by atoms with Crippen molar-refractivity contribution in [3.05, 3.63) is 29.1 Å². The highest BCUT2D eigenvalue weighted by Gasteiger charge is 2.19. The summed E-state index contributed by atoms with van der Waals surface area (Å²) in [5.41, 5.74) is 2.77. The molecule has 80 valence electrons. The Morgan fingerprint density at radius 3 is 3.07 bits per heavy atom. The van der Waals surface area contributed by atoms with E-state index in [4.69, 9.17) is 0 Å². The maximum absolute atomic E-state index is 11.3. The van der Waals surface area contributed by atoms with E-state index < -0.39 is 0 Å². The Morgan fingerprint density at radius 1 is 1.53 bits per heavy atom. The molecule has 1 heterocycles. The molecule has 1 atom stereocenters. The quantitative estimate of drug-likeness (QED) is 0.660. The van der Waals surface area contributed by atoms with Crippen LogP contribution in [0.4, 0.5) is 0 Å². The number of esters is 1. The summed E-state index contributed by atoms with van der Waals surface area (Å²) in [5, 5.41) is 0. The largest absolute Gasteiger partial charge is 0.464 e. The summed E-state index contributed by atoms with van der Waals surface area (Å²) in [5.74, 6) is 0.105. The molecule has 0 saturated heterocycles. The maximum Gasteiger partial charge on any atom is 0.356 e. The van der Waals surface area contributed by atoms with Gasteiger partial charge in [-0.2, -0.15) is 0 Å². The molecule has 0 radical (unpaired) electrons. The molecular formula is C12H15NO2. The number of carbonyl (C=O) groups excluding carboxylic acids is 1. The summed E-state index contributed by atoms with van der Waals surface area (Å²) in [6, 6.07) is 3.76. The van der Waals surface area contributed by atoms with Crippen LogP contribution in [-0.2, 0) is 11.2 Å². The molecule has 0 amide bonds. The van der Waals surface area contributed by atoms with Crippen molar-refractivity contribution in [3.63, 3.8) is 0 Å². The van der Waals surface area contributed by atoms with Gasteiger partial charge in [-0.25, -0.2) is 9.78 Å². The number of aromatic nitrogens is 1.